The van der Waals surface area contributed by atoms with E-state index in [4.69, 9.17) is 11.6 Å². The van der Waals surface area contributed by atoms with Crippen molar-refractivity contribution in [3.05, 3.63) is 51.9 Å². The summed E-state index contributed by atoms with van der Waals surface area (Å²) in [4.78, 5) is 9.66. The van der Waals surface area contributed by atoms with E-state index >= 15 is 0 Å². The summed E-state index contributed by atoms with van der Waals surface area (Å²) >= 11 is 5.35. The molecular formula is C18H19ClF6N4. The highest BCUT2D eigenvalue weighted by Gasteiger charge is 2.32. The first-order valence-electron chi connectivity index (χ1n) is 8.59. The molecule has 3 heterocycles. The summed E-state index contributed by atoms with van der Waals surface area (Å²) in [7, 11) is 0. The van der Waals surface area contributed by atoms with Gasteiger partial charge in [-0.05, 0) is 38.1 Å². The van der Waals surface area contributed by atoms with Gasteiger partial charge in [0, 0.05) is 37.6 Å². The molecule has 160 valence electrons. The predicted molar refractivity (Wildman–Crippen MR) is 98.0 cm³/mol. The van der Waals surface area contributed by atoms with Gasteiger partial charge in [0.15, 0.2) is 0 Å². The van der Waals surface area contributed by atoms with Crippen molar-refractivity contribution in [2.45, 2.75) is 26.2 Å². The Hall–Kier alpha value is -2.07. The van der Waals surface area contributed by atoms with Gasteiger partial charge >= 0.3 is 12.4 Å². The molecular weight excluding hydrogens is 422 g/mol. The van der Waals surface area contributed by atoms with E-state index in [2.05, 4.69) is 15.3 Å². The van der Waals surface area contributed by atoms with E-state index in [-0.39, 0.29) is 10.8 Å². The molecule has 1 fully saturated rings. The van der Waals surface area contributed by atoms with Crippen LogP contribution in [0.3, 0.4) is 0 Å². The molecule has 0 aromatic carbocycles. The third kappa shape index (κ3) is 7.04. The second-order valence-corrected chi connectivity index (χ2v) is 6.80. The zero-order valence-corrected chi connectivity index (χ0v) is 16.4. The minimum atomic E-state index is -4.35. The molecule has 0 atom stereocenters. The number of hydrogen-bond acceptors (Lipinski definition) is 4. The average molecular weight is 441 g/mol. The van der Waals surface area contributed by atoms with Crippen LogP contribution in [0.1, 0.15) is 22.5 Å². The van der Waals surface area contributed by atoms with Crippen LogP contribution in [0.15, 0.2) is 24.3 Å². The fourth-order valence-electron chi connectivity index (χ4n) is 2.66. The van der Waals surface area contributed by atoms with Crippen LogP contribution in [0.5, 0.6) is 0 Å². The Morgan fingerprint density at radius 3 is 1.79 bits per heavy atom. The highest BCUT2D eigenvalue weighted by Crippen LogP contribution is 2.32. The van der Waals surface area contributed by atoms with Crippen LogP contribution in [-0.4, -0.2) is 36.1 Å². The number of nitrogens with one attached hydrogen (secondary N) is 1. The summed E-state index contributed by atoms with van der Waals surface area (Å²) in [5.74, 6) is 0.416. The van der Waals surface area contributed by atoms with E-state index in [0.29, 0.717) is 24.6 Å². The highest BCUT2D eigenvalue weighted by atomic mass is 35.5. The van der Waals surface area contributed by atoms with Crippen LogP contribution in [0.2, 0.25) is 5.15 Å². The number of hydrogen-bond donors (Lipinski definition) is 1. The minimum Gasteiger partial charge on any atom is -0.354 e. The molecule has 4 nitrogen and oxygen atoms in total. The molecule has 0 bridgehead atoms. The first-order chi connectivity index (χ1) is 13.4. The summed E-state index contributed by atoms with van der Waals surface area (Å²) in [5, 5.41) is 3.02. The summed E-state index contributed by atoms with van der Waals surface area (Å²) in [6.07, 6.45) is -8.66. The number of piperazine rings is 1. The third-order valence-corrected chi connectivity index (χ3v) is 4.15. The van der Waals surface area contributed by atoms with Gasteiger partial charge in [-0.1, -0.05) is 11.6 Å². The first-order valence-corrected chi connectivity index (χ1v) is 8.97. The fraction of sp³-hybridized carbons (Fsp3) is 0.444. The maximum Gasteiger partial charge on any atom is 0.416 e. The molecule has 0 aliphatic carbocycles. The minimum absolute atomic E-state index is 0.137. The van der Waals surface area contributed by atoms with Gasteiger partial charge in [0.2, 0.25) is 0 Å². The molecule has 1 saturated heterocycles. The van der Waals surface area contributed by atoms with Crippen molar-refractivity contribution in [2.75, 3.05) is 31.1 Å². The van der Waals surface area contributed by atoms with E-state index in [9.17, 15) is 26.3 Å². The standard InChI is InChI=1S/C11H14F3N3.C7H5ClF3N/c1-8-6-9(11(12,13)14)7-10(16-8)17-4-2-15-3-5-17;1-4-2-5(7(9,10)11)3-6(8)12-4/h6-7,15H,2-5H2,1H3;2-3H,1H3. The topological polar surface area (TPSA) is 41.1 Å². The van der Waals surface area contributed by atoms with Crippen molar-refractivity contribution >= 4 is 17.4 Å². The lowest BCUT2D eigenvalue weighted by Crippen LogP contribution is -2.44. The molecule has 29 heavy (non-hydrogen) atoms. The van der Waals surface area contributed by atoms with Crippen molar-refractivity contribution < 1.29 is 26.3 Å². The molecule has 2 aromatic heterocycles. The largest absolute Gasteiger partial charge is 0.416 e. The Kier molecular flexibility index (Phi) is 7.34. The molecule has 1 aliphatic heterocycles. The van der Waals surface area contributed by atoms with Crippen LogP contribution in [0, 0.1) is 13.8 Å². The van der Waals surface area contributed by atoms with E-state index in [1.165, 1.54) is 6.92 Å². The Morgan fingerprint density at radius 1 is 0.828 bits per heavy atom. The van der Waals surface area contributed by atoms with Gasteiger partial charge in [-0.25, -0.2) is 9.97 Å². The fourth-order valence-corrected chi connectivity index (χ4v) is 2.91. The zero-order chi connectivity index (χ0) is 21.8. The lowest BCUT2D eigenvalue weighted by molar-refractivity contribution is -0.138. The number of nitrogens with zero attached hydrogens (tertiary/aromatic N) is 3. The molecule has 11 heteroatoms. The Balaban J connectivity index is 0.000000221. The molecule has 0 saturated carbocycles. The monoisotopic (exact) mass is 440 g/mol. The second-order valence-electron chi connectivity index (χ2n) is 6.41. The molecule has 0 spiro atoms. The normalized spacial score (nSPS) is 15.0. The summed E-state index contributed by atoms with van der Waals surface area (Å²) in [6, 6.07) is 3.95. The van der Waals surface area contributed by atoms with Crippen molar-refractivity contribution in [2.24, 2.45) is 0 Å². The van der Waals surface area contributed by atoms with Gasteiger partial charge < -0.3 is 10.2 Å². The van der Waals surface area contributed by atoms with E-state index in [1.807, 2.05) is 4.90 Å². The number of aromatic nitrogens is 2. The number of halogens is 7. The van der Waals surface area contributed by atoms with Crippen LogP contribution in [-0.2, 0) is 12.4 Å². The molecule has 1 N–H and O–H groups in total. The molecule has 0 unspecified atom stereocenters. The van der Waals surface area contributed by atoms with Crippen molar-refractivity contribution in [3.8, 4) is 0 Å². The summed E-state index contributed by atoms with van der Waals surface area (Å²) < 4.78 is 74.2. The smallest absolute Gasteiger partial charge is 0.354 e. The van der Waals surface area contributed by atoms with Gasteiger partial charge in [-0.2, -0.15) is 26.3 Å². The van der Waals surface area contributed by atoms with Crippen molar-refractivity contribution in [1.29, 1.82) is 0 Å². The zero-order valence-electron chi connectivity index (χ0n) is 15.6. The van der Waals surface area contributed by atoms with Crippen LogP contribution < -0.4 is 10.2 Å². The van der Waals surface area contributed by atoms with E-state index < -0.39 is 23.5 Å². The van der Waals surface area contributed by atoms with Crippen LogP contribution >= 0.6 is 11.6 Å². The molecule has 0 radical (unpaired) electrons. The van der Waals surface area contributed by atoms with E-state index in [1.54, 1.807) is 6.92 Å². The van der Waals surface area contributed by atoms with Crippen LogP contribution in [0.4, 0.5) is 32.2 Å². The van der Waals surface area contributed by atoms with E-state index in [0.717, 1.165) is 37.4 Å². The van der Waals surface area contributed by atoms with Gasteiger partial charge in [0.1, 0.15) is 11.0 Å². The van der Waals surface area contributed by atoms with Crippen molar-refractivity contribution in [3.63, 3.8) is 0 Å². The molecule has 1 aliphatic rings. The number of rotatable bonds is 1. The molecule has 2 aromatic rings. The number of pyridine rings is 2. The van der Waals surface area contributed by atoms with Gasteiger partial charge in [0.25, 0.3) is 0 Å². The van der Waals surface area contributed by atoms with Crippen LogP contribution in [0.25, 0.3) is 0 Å². The van der Waals surface area contributed by atoms with Gasteiger partial charge in [-0.3, -0.25) is 0 Å². The quantitative estimate of drug-likeness (QED) is 0.507. The van der Waals surface area contributed by atoms with Gasteiger partial charge in [0.05, 0.1) is 11.1 Å². The van der Waals surface area contributed by atoms with Crippen molar-refractivity contribution in [1.82, 2.24) is 15.3 Å². The highest BCUT2D eigenvalue weighted by molar-refractivity contribution is 6.29. The number of anilines is 1. The first kappa shape index (κ1) is 23.2. The number of alkyl halides is 6. The number of aryl methyl sites for hydroxylation is 2. The Bertz CT molecular complexity index is 812. The third-order valence-electron chi connectivity index (χ3n) is 3.96. The summed E-state index contributed by atoms with van der Waals surface area (Å²) in [5.41, 5.74) is -0.735. The summed E-state index contributed by atoms with van der Waals surface area (Å²) in [6.45, 7) is 5.97. The Morgan fingerprint density at radius 2 is 1.31 bits per heavy atom. The maximum absolute atomic E-state index is 12.7. The Labute approximate surface area is 168 Å². The lowest BCUT2D eigenvalue weighted by Gasteiger charge is -2.29. The second kappa shape index (κ2) is 9.17. The molecule has 3 rings (SSSR count). The predicted octanol–water partition coefficient (Wildman–Crippen LogP) is 4.88. The SMILES string of the molecule is Cc1cc(C(F)(F)F)cc(Cl)n1.Cc1cc(C(F)(F)F)cc(N2CCNCC2)n1. The average Bonchev–Trinajstić information content (AvgIpc) is 2.60. The maximum atomic E-state index is 12.7. The molecule has 0 amide bonds. The van der Waals surface area contributed by atoms with Gasteiger partial charge in [-0.15, -0.1) is 0 Å². The lowest BCUT2D eigenvalue weighted by atomic mass is 10.2.